The molecule has 2 N–H and O–H groups in total. The molecule has 40 heavy (non-hydrogen) atoms. The first-order valence-corrected chi connectivity index (χ1v) is 15.3. The Hall–Kier alpha value is -1.75. The number of carbonyl (C=O) groups excluding carboxylic acids is 3. The van der Waals surface area contributed by atoms with Gasteiger partial charge in [-0.25, -0.2) is 0 Å². The summed E-state index contributed by atoms with van der Waals surface area (Å²) >= 11 is 0. The summed E-state index contributed by atoms with van der Waals surface area (Å²) in [7, 11) is 5.09. The third kappa shape index (κ3) is 8.87. The number of hydrogen-bond acceptors (Lipinski definition) is 7. The molecule has 0 aromatic carbocycles. The number of piperazine rings is 1. The van der Waals surface area contributed by atoms with Crippen LogP contribution in [0, 0.1) is 17.8 Å². The standard InChI is InChI=1S/C30H57N5O5/c1-10-22(6)28(24(39-8)18-25(36)35-15-11-12-23(35)29(40-9)21(4)5)33(7)26(37)19-32-30(38)27(20(2)3)34-16-13-31-14-17-34/h20-24,27-29,31H,10-19H2,1-9H3,(H,32,38). The maximum atomic E-state index is 13.6. The van der Waals surface area contributed by atoms with Crippen molar-refractivity contribution in [2.75, 3.05) is 60.5 Å². The highest BCUT2D eigenvalue weighted by atomic mass is 16.5. The summed E-state index contributed by atoms with van der Waals surface area (Å²) in [5.41, 5.74) is 0. The van der Waals surface area contributed by atoms with E-state index in [4.69, 9.17) is 9.47 Å². The monoisotopic (exact) mass is 567 g/mol. The molecule has 0 saturated carbocycles. The Bertz CT molecular complexity index is 803. The number of nitrogens with one attached hydrogen (secondary N) is 2. The van der Waals surface area contributed by atoms with Crippen LogP contribution in [0.15, 0.2) is 0 Å². The lowest BCUT2D eigenvalue weighted by Gasteiger charge is -2.39. The molecule has 2 heterocycles. The Morgan fingerprint density at radius 3 is 2.17 bits per heavy atom. The minimum absolute atomic E-state index is 0.0125. The second-order valence-corrected chi connectivity index (χ2v) is 12.3. The summed E-state index contributed by atoms with van der Waals surface area (Å²) in [4.78, 5) is 46.0. The Balaban J connectivity index is 2.10. The molecule has 2 rings (SSSR count). The molecule has 0 aromatic heterocycles. The molecule has 6 unspecified atom stereocenters. The van der Waals surface area contributed by atoms with Gasteiger partial charge in [-0.3, -0.25) is 19.3 Å². The molecule has 0 spiro atoms. The fourth-order valence-corrected chi connectivity index (χ4v) is 6.60. The molecule has 3 amide bonds. The van der Waals surface area contributed by atoms with Crippen LogP contribution < -0.4 is 10.6 Å². The van der Waals surface area contributed by atoms with E-state index in [-0.39, 0.29) is 66.8 Å². The molecule has 2 aliphatic rings. The van der Waals surface area contributed by atoms with Gasteiger partial charge in [-0.05, 0) is 30.6 Å². The third-order valence-corrected chi connectivity index (χ3v) is 8.91. The number of amides is 3. The van der Waals surface area contributed by atoms with Crippen molar-refractivity contribution in [3.8, 4) is 0 Å². The minimum atomic E-state index is -0.461. The van der Waals surface area contributed by atoms with E-state index in [0.29, 0.717) is 12.5 Å². The number of nitrogens with zero attached hydrogens (tertiary/aromatic N) is 3. The van der Waals surface area contributed by atoms with E-state index in [2.05, 4.69) is 43.2 Å². The smallest absolute Gasteiger partial charge is 0.242 e. The highest BCUT2D eigenvalue weighted by Crippen LogP contribution is 2.28. The zero-order valence-corrected chi connectivity index (χ0v) is 26.6. The number of hydrogen-bond donors (Lipinski definition) is 2. The Kier molecular flexibility index (Phi) is 14.3. The number of methoxy groups -OCH3 is 2. The summed E-state index contributed by atoms with van der Waals surface area (Å²) in [6, 6.07) is -0.525. The molecule has 6 atom stereocenters. The first-order valence-electron chi connectivity index (χ1n) is 15.3. The van der Waals surface area contributed by atoms with Gasteiger partial charge in [0.05, 0.1) is 43.3 Å². The highest BCUT2D eigenvalue weighted by Gasteiger charge is 2.40. The topological polar surface area (TPSA) is 103 Å². The molecule has 2 aliphatic heterocycles. The average Bonchev–Trinajstić information content (AvgIpc) is 3.41. The predicted octanol–water partition coefficient (Wildman–Crippen LogP) is 1.97. The Morgan fingerprint density at radius 1 is 1.00 bits per heavy atom. The van der Waals surface area contributed by atoms with E-state index >= 15 is 0 Å². The number of likely N-dealkylation sites (N-methyl/N-ethyl adjacent to an activating group) is 1. The summed E-state index contributed by atoms with van der Waals surface area (Å²) < 4.78 is 11.7. The van der Waals surface area contributed by atoms with Gasteiger partial charge in [0, 0.05) is 54.0 Å². The molecule has 232 valence electrons. The molecule has 2 saturated heterocycles. The van der Waals surface area contributed by atoms with Crippen molar-refractivity contribution in [2.45, 2.75) is 97.6 Å². The van der Waals surface area contributed by atoms with E-state index in [9.17, 15) is 14.4 Å². The van der Waals surface area contributed by atoms with E-state index in [1.807, 2.05) is 18.7 Å². The van der Waals surface area contributed by atoms with E-state index in [1.54, 1.807) is 26.2 Å². The van der Waals surface area contributed by atoms with Gasteiger partial charge < -0.3 is 29.9 Å². The van der Waals surface area contributed by atoms with Crippen molar-refractivity contribution in [2.24, 2.45) is 17.8 Å². The third-order valence-electron chi connectivity index (χ3n) is 8.91. The van der Waals surface area contributed by atoms with Crippen LogP contribution >= 0.6 is 0 Å². The van der Waals surface area contributed by atoms with Gasteiger partial charge in [-0.15, -0.1) is 0 Å². The van der Waals surface area contributed by atoms with Crippen molar-refractivity contribution in [3.63, 3.8) is 0 Å². The van der Waals surface area contributed by atoms with Crippen LogP contribution in [0.2, 0.25) is 0 Å². The second kappa shape index (κ2) is 16.6. The van der Waals surface area contributed by atoms with Gasteiger partial charge in [0.25, 0.3) is 0 Å². The minimum Gasteiger partial charge on any atom is -0.379 e. The molecular formula is C30H57N5O5. The summed E-state index contributed by atoms with van der Waals surface area (Å²) in [5.74, 6) is 0.268. The molecular weight excluding hydrogens is 510 g/mol. The lowest BCUT2D eigenvalue weighted by atomic mass is 9.90. The molecule has 0 radical (unpaired) electrons. The van der Waals surface area contributed by atoms with Crippen molar-refractivity contribution < 1.29 is 23.9 Å². The van der Waals surface area contributed by atoms with Crippen LogP contribution in [-0.4, -0.2) is 123 Å². The largest absolute Gasteiger partial charge is 0.379 e. The Morgan fingerprint density at radius 2 is 1.65 bits per heavy atom. The molecule has 10 heteroatoms. The van der Waals surface area contributed by atoms with Gasteiger partial charge in [0.1, 0.15) is 0 Å². The molecule has 2 fully saturated rings. The number of rotatable bonds is 15. The number of ether oxygens (including phenoxy) is 2. The molecule has 0 bridgehead atoms. The quantitative estimate of drug-likeness (QED) is 0.312. The normalized spacial score (nSPS) is 22.2. The zero-order chi connectivity index (χ0) is 30.0. The van der Waals surface area contributed by atoms with Gasteiger partial charge in [0.15, 0.2) is 0 Å². The van der Waals surface area contributed by atoms with E-state index in [1.165, 1.54) is 0 Å². The molecule has 10 nitrogen and oxygen atoms in total. The second-order valence-electron chi connectivity index (χ2n) is 12.3. The van der Waals surface area contributed by atoms with Crippen LogP contribution in [0.5, 0.6) is 0 Å². The van der Waals surface area contributed by atoms with Crippen molar-refractivity contribution >= 4 is 17.7 Å². The van der Waals surface area contributed by atoms with Crippen LogP contribution in [-0.2, 0) is 23.9 Å². The van der Waals surface area contributed by atoms with Crippen molar-refractivity contribution in [1.82, 2.24) is 25.3 Å². The fourth-order valence-electron chi connectivity index (χ4n) is 6.60. The van der Waals surface area contributed by atoms with Gasteiger partial charge in [0.2, 0.25) is 17.7 Å². The zero-order valence-electron chi connectivity index (χ0n) is 26.6. The SMILES string of the molecule is CCC(C)C(C(CC(=O)N1CCCC1C(OC)C(C)C)OC)N(C)C(=O)CNC(=O)C(C(C)C)N1CCNCC1. The summed E-state index contributed by atoms with van der Waals surface area (Å²) in [6.07, 6.45) is 2.43. The maximum absolute atomic E-state index is 13.6. The van der Waals surface area contributed by atoms with Gasteiger partial charge in [-0.2, -0.15) is 0 Å². The average molecular weight is 568 g/mol. The molecule has 0 aliphatic carbocycles. The van der Waals surface area contributed by atoms with E-state index < -0.39 is 6.10 Å². The van der Waals surface area contributed by atoms with Crippen LogP contribution in [0.3, 0.4) is 0 Å². The molecule has 0 aromatic rings. The fraction of sp³-hybridized carbons (Fsp3) is 0.900. The summed E-state index contributed by atoms with van der Waals surface area (Å²) in [6.45, 7) is 16.5. The van der Waals surface area contributed by atoms with E-state index in [0.717, 1.165) is 45.4 Å². The van der Waals surface area contributed by atoms with Crippen LogP contribution in [0.1, 0.15) is 67.2 Å². The first kappa shape index (κ1) is 34.5. The van der Waals surface area contributed by atoms with Gasteiger partial charge >= 0.3 is 0 Å². The predicted molar refractivity (Wildman–Crippen MR) is 158 cm³/mol. The van der Waals surface area contributed by atoms with Crippen LogP contribution in [0.25, 0.3) is 0 Å². The Labute approximate surface area is 242 Å². The number of likely N-dealkylation sites (tertiary alicyclic amines) is 1. The van der Waals surface area contributed by atoms with Crippen molar-refractivity contribution in [3.05, 3.63) is 0 Å². The van der Waals surface area contributed by atoms with Gasteiger partial charge in [-0.1, -0.05) is 48.0 Å². The maximum Gasteiger partial charge on any atom is 0.242 e. The lowest BCUT2D eigenvalue weighted by Crippen LogP contribution is -2.57. The first-order chi connectivity index (χ1) is 19.0. The highest BCUT2D eigenvalue weighted by molar-refractivity contribution is 5.87. The number of carbonyl (C=O) groups is 3. The van der Waals surface area contributed by atoms with Crippen molar-refractivity contribution in [1.29, 1.82) is 0 Å². The lowest BCUT2D eigenvalue weighted by molar-refractivity contribution is -0.144. The van der Waals surface area contributed by atoms with Crippen LogP contribution in [0.4, 0.5) is 0 Å². The summed E-state index contributed by atoms with van der Waals surface area (Å²) in [5, 5.41) is 6.23.